The Balaban J connectivity index is 1.94. The molecule has 10 heteroatoms. The molecule has 0 spiro atoms. The molecular weight excluding hydrogens is 471 g/mol. The number of alkyl halides is 1. The smallest absolute Gasteiger partial charge is 0.337 e. The van der Waals surface area contributed by atoms with E-state index in [1.807, 2.05) is 0 Å². The van der Waals surface area contributed by atoms with Crippen molar-refractivity contribution in [3.05, 3.63) is 83.0 Å². The standard InChI is InChI=1S/C23H22ClFN2O5S/c1-16(25)14-27(33(29,30)22-5-3-4-12-26-22)20-11-10-19(24)13-21(20)32-15-17-6-8-18(9-7-17)23(28)31-2/h3-13,16H,14-15H2,1-2H3. The Kier molecular flexibility index (Phi) is 7.88. The van der Waals surface area contributed by atoms with E-state index < -0.39 is 28.7 Å². The zero-order valence-electron chi connectivity index (χ0n) is 17.9. The second-order valence-corrected chi connectivity index (χ2v) is 9.32. The number of benzene rings is 2. The van der Waals surface area contributed by atoms with E-state index in [9.17, 15) is 17.6 Å². The number of carbonyl (C=O) groups is 1. The first-order chi connectivity index (χ1) is 15.7. The molecule has 2 aromatic carbocycles. The summed E-state index contributed by atoms with van der Waals surface area (Å²) < 4.78 is 52.1. The highest BCUT2D eigenvalue weighted by atomic mass is 35.5. The lowest BCUT2D eigenvalue weighted by atomic mass is 10.1. The fourth-order valence-electron chi connectivity index (χ4n) is 2.99. The van der Waals surface area contributed by atoms with Crippen molar-refractivity contribution in [3.63, 3.8) is 0 Å². The third kappa shape index (κ3) is 6.00. The van der Waals surface area contributed by atoms with Crippen molar-refractivity contribution in [3.8, 4) is 5.75 Å². The van der Waals surface area contributed by atoms with Crippen molar-refractivity contribution in [2.24, 2.45) is 0 Å². The van der Waals surface area contributed by atoms with Gasteiger partial charge in [-0.1, -0.05) is 29.8 Å². The van der Waals surface area contributed by atoms with Crippen molar-refractivity contribution in [2.75, 3.05) is 18.0 Å². The largest absolute Gasteiger partial charge is 0.487 e. The molecule has 174 valence electrons. The van der Waals surface area contributed by atoms with E-state index in [0.717, 1.165) is 4.31 Å². The van der Waals surface area contributed by atoms with E-state index in [0.29, 0.717) is 16.1 Å². The van der Waals surface area contributed by atoms with Crippen LogP contribution in [-0.4, -0.2) is 39.2 Å². The number of pyridine rings is 1. The Morgan fingerprint density at radius 2 is 1.88 bits per heavy atom. The number of nitrogens with zero attached hydrogens (tertiary/aromatic N) is 2. The summed E-state index contributed by atoms with van der Waals surface area (Å²) in [5, 5.41) is 0.100. The molecule has 1 atom stereocenters. The molecule has 7 nitrogen and oxygen atoms in total. The number of anilines is 1. The highest BCUT2D eigenvalue weighted by molar-refractivity contribution is 7.92. The fraction of sp³-hybridized carbons (Fsp3) is 0.217. The first-order valence-electron chi connectivity index (χ1n) is 9.90. The number of ether oxygens (including phenoxy) is 2. The molecule has 0 bridgehead atoms. The number of hydrogen-bond donors (Lipinski definition) is 0. The van der Waals surface area contributed by atoms with Gasteiger partial charge in [-0.25, -0.2) is 14.2 Å². The molecule has 0 aliphatic rings. The lowest BCUT2D eigenvalue weighted by Crippen LogP contribution is -2.36. The van der Waals surface area contributed by atoms with Crippen molar-refractivity contribution < 1.29 is 27.1 Å². The minimum absolute atomic E-state index is 0.0530. The fourth-order valence-corrected chi connectivity index (χ4v) is 4.64. The van der Waals surface area contributed by atoms with Gasteiger partial charge in [0.15, 0.2) is 5.03 Å². The number of methoxy groups -OCH3 is 1. The second kappa shape index (κ2) is 10.6. The first-order valence-corrected chi connectivity index (χ1v) is 11.7. The average Bonchev–Trinajstić information content (AvgIpc) is 2.81. The van der Waals surface area contributed by atoms with Crippen LogP contribution in [0.2, 0.25) is 5.02 Å². The van der Waals surface area contributed by atoms with Crippen LogP contribution < -0.4 is 9.04 Å². The Hall–Kier alpha value is -3.17. The van der Waals surface area contributed by atoms with Crippen molar-refractivity contribution in [2.45, 2.75) is 24.7 Å². The summed E-state index contributed by atoms with van der Waals surface area (Å²) >= 11 is 6.13. The Morgan fingerprint density at radius 3 is 2.48 bits per heavy atom. The normalized spacial score (nSPS) is 12.1. The maximum Gasteiger partial charge on any atom is 0.337 e. The Morgan fingerprint density at radius 1 is 1.15 bits per heavy atom. The van der Waals surface area contributed by atoms with Crippen LogP contribution in [0.4, 0.5) is 10.1 Å². The quantitative estimate of drug-likeness (QED) is 0.404. The number of carbonyl (C=O) groups excluding carboxylic acids is 1. The van der Waals surface area contributed by atoms with Gasteiger partial charge in [0.2, 0.25) is 0 Å². The zero-order valence-corrected chi connectivity index (χ0v) is 19.5. The molecule has 1 heterocycles. The van der Waals surface area contributed by atoms with Crippen LogP contribution in [0, 0.1) is 0 Å². The van der Waals surface area contributed by atoms with Crippen LogP contribution in [0.3, 0.4) is 0 Å². The minimum atomic E-state index is -4.18. The van der Waals surface area contributed by atoms with E-state index in [1.165, 1.54) is 50.6 Å². The summed E-state index contributed by atoms with van der Waals surface area (Å²) in [6.07, 6.45) is -0.112. The number of hydrogen-bond acceptors (Lipinski definition) is 6. The lowest BCUT2D eigenvalue weighted by Gasteiger charge is -2.26. The van der Waals surface area contributed by atoms with Gasteiger partial charge in [-0.2, -0.15) is 8.42 Å². The molecule has 0 saturated heterocycles. The molecule has 3 aromatic rings. The highest BCUT2D eigenvalue weighted by Gasteiger charge is 2.30. The lowest BCUT2D eigenvalue weighted by molar-refractivity contribution is 0.0600. The number of sulfonamides is 1. The monoisotopic (exact) mass is 492 g/mol. The maximum atomic E-state index is 14.0. The number of halogens is 2. The molecule has 1 unspecified atom stereocenters. The predicted molar refractivity (Wildman–Crippen MR) is 123 cm³/mol. The van der Waals surface area contributed by atoms with Crippen LogP contribution >= 0.6 is 11.6 Å². The summed E-state index contributed by atoms with van der Waals surface area (Å²) in [6.45, 7) is 0.877. The molecule has 33 heavy (non-hydrogen) atoms. The number of rotatable bonds is 9. The van der Waals surface area contributed by atoms with Crippen LogP contribution in [0.1, 0.15) is 22.8 Å². The van der Waals surface area contributed by atoms with Gasteiger partial charge in [0.1, 0.15) is 18.5 Å². The third-order valence-electron chi connectivity index (χ3n) is 4.57. The van der Waals surface area contributed by atoms with Crippen LogP contribution in [0.25, 0.3) is 0 Å². The SMILES string of the molecule is COC(=O)c1ccc(COc2cc(Cl)ccc2N(CC(C)F)S(=O)(=O)c2ccccn2)cc1. The summed E-state index contributed by atoms with van der Waals surface area (Å²) in [4.78, 5) is 15.5. The van der Waals surface area contributed by atoms with Crippen molar-refractivity contribution in [1.82, 2.24) is 4.98 Å². The summed E-state index contributed by atoms with van der Waals surface area (Å²) in [7, 11) is -2.88. The molecule has 0 saturated carbocycles. The Bertz CT molecular complexity index is 1210. The molecular formula is C23H22ClFN2O5S. The van der Waals surface area contributed by atoms with Gasteiger partial charge < -0.3 is 9.47 Å². The number of aromatic nitrogens is 1. The van der Waals surface area contributed by atoms with Gasteiger partial charge in [-0.3, -0.25) is 4.31 Å². The minimum Gasteiger partial charge on any atom is -0.487 e. The molecule has 0 amide bonds. The summed E-state index contributed by atoms with van der Waals surface area (Å²) in [6, 6.07) is 15.4. The highest BCUT2D eigenvalue weighted by Crippen LogP contribution is 2.35. The van der Waals surface area contributed by atoms with Gasteiger partial charge in [0, 0.05) is 17.3 Å². The molecule has 3 rings (SSSR count). The summed E-state index contributed by atoms with van der Waals surface area (Å²) in [5.41, 5.74) is 1.22. The molecule has 0 aliphatic carbocycles. The molecule has 1 aromatic heterocycles. The van der Waals surface area contributed by atoms with Gasteiger partial charge >= 0.3 is 5.97 Å². The summed E-state index contributed by atoms with van der Waals surface area (Å²) in [5.74, 6) is -0.310. The van der Waals surface area contributed by atoms with Crippen molar-refractivity contribution in [1.29, 1.82) is 0 Å². The predicted octanol–water partition coefficient (Wildman–Crippen LogP) is 4.65. The molecule has 0 fully saturated rings. The third-order valence-corrected chi connectivity index (χ3v) is 6.50. The van der Waals surface area contributed by atoms with Gasteiger partial charge in [-0.05, 0) is 48.9 Å². The second-order valence-electron chi connectivity index (χ2n) is 7.07. The topological polar surface area (TPSA) is 85.8 Å². The van der Waals surface area contributed by atoms with Crippen LogP contribution in [-0.2, 0) is 21.4 Å². The van der Waals surface area contributed by atoms with Crippen LogP contribution in [0.5, 0.6) is 5.75 Å². The van der Waals surface area contributed by atoms with E-state index in [-0.39, 0.29) is 23.1 Å². The van der Waals surface area contributed by atoms with E-state index in [1.54, 1.807) is 30.3 Å². The number of esters is 1. The molecule has 0 radical (unpaired) electrons. The first kappa shape index (κ1) is 24.5. The Labute approximate surface area is 196 Å². The van der Waals surface area contributed by atoms with Gasteiger partial charge in [-0.15, -0.1) is 0 Å². The van der Waals surface area contributed by atoms with E-state index in [2.05, 4.69) is 9.72 Å². The van der Waals surface area contributed by atoms with E-state index in [4.69, 9.17) is 16.3 Å². The molecule has 0 aliphatic heterocycles. The van der Waals surface area contributed by atoms with Crippen molar-refractivity contribution >= 4 is 33.3 Å². The zero-order chi connectivity index (χ0) is 24.0. The van der Waals surface area contributed by atoms with Gasteiger partial charge in [0.25, 0.3) is 10.0 Å². The van der Waals surface area contributed by atoms with Gasteiger partial charge in [0.05, 0.1) is 24.9 Å². The average molecular weight is 493 g/mol. The van der Waals surface area contributed by atoms with E-state index >= 15 is 0 Å². The molecule has 0 N–H and O–H groups in total. The van der Waals surface area contributed by atoms with Crippen LogP contribution in [0.15, 0.2) is 71.9 Å². The maximum absolute atomic E-state index is 14.0.